The van der Waals surface area contributed by atoms with E-state index in [0.29, 0.717) is 6.04 Å². The Hall–Kier alpha value is -0.810. The maximum atomic E-state index is 11.6. The van der Waals surface area contributed by atoms with Crippen LogP contribution >= 0.6 is 0 Å². The molecule has 0 aliphatic carbocycles. The van der Waals surface area contributed by atoms with Gasteiger partial charge in [0.05, 0.1) is 13.2 Å². The molecule has 5 nitrogen and oxygen atoms in total. The van der Waals surface area contributed by atoms with Crippen molar-refractivity contribution in [3.05, 3.63) is 0 Å². The van der Waals surface area contributed by atoms with E-state index in [0.717, 1.165) is 52.4 Å². The van der Waals surface area contributed by atoms with Gasteiger partial charge in [-0.2, -0.15) is 0 Å². The van der Waals surface area contributed by atoms with Gasteiger partial charge < -0.3 is 15.0 Å². The van der Waals surface area contributed by atoms with E-state index in [2.05, 4.69) is 17.1 Å². The first kappa shape index (κ1) is 11.7. The average molecular weight is 227 g/mol. The number of hydrogen-bond donors (Lipinski definition) is 1. The number of rotatable bonds is 3. The third-order valence-corrected chi connectivity index (χ3v) is 3.27. The minimum Gasteiger partial charge on any atom is -0.379 e. The summed E-state index contributed by atoms with van der Waals surface area (Å²) in [5, 5.41) is 2.89. The third kappa shape index (κ3) is 2.86. The molecule has 0 aromatic heterocycles. The molecule has 0 spiro atoms. The van der Waals surface area contributed by atoms with Crippen molar-refractivity contribution >= 4 is 6.03 Å². The van der Waals surface area contributed by atoms with Gasteiger partial charge in [-0.1, -0.05) is 0 Å². The topological polar surface area (TPSA) is 44.8 Å². The quantitative estimate of drug-likeness (QED) is 0.745. The zero-order valence-corrected chi connectivity index (χ0v) is 9.95. The maximum absolute atomic E-state index is 11.6. The van der Waals surface area contributed by atoms with Gasteiger partial charge in [0.2, 0.25) is 0 Å². The van der Waals surface area contributed by atoms with Gasteiger partial charge in [-0.05, 0) is 13.3 Å². The molecule has 0 aromatic rings. The summed E-state index contributed by atoms with van der Waals surface area (Å²) in [6.07, 6.45) is 1.05. The van der Waals surface area contributed by atoms with Crippen LogP contribution in [0.25, 0.3) is 0 Å². The molecule has 1 unspecified atom stereocenters. The van der Waals surface area contributed by atoms with Crippen LogP contribution in [0, 0.1) is 0 Å². The summed E-state index contributed by atoms with van der Waals surface area (Å²) in [4.78, 5) is 16.0. The molecule has 5 heteroatoms. The second-order valence-electron chi connectivity index (χ2n) is 4.54. The summed E-state index contributed by atoms with van der Waals surface area (Å²) < 4.78 is 5.31. The largest absolute Gasteiger partial charge is 0.379 e. The van der Waals surface area contributed by atoms with E-state index in [-0.39, 0.29) is 6.03 Å². The third-order valence-electron chi connectivity index (χ3n) is 3.27. The molecule has 1 atom stereocenters. The molecule has 2 fully saturated rings. The SMILES string of the molecule is CC(CN1CCOCC1)N1CCCNC1=O. The molecule has 2 amide bonds. The van der Waals surface area contributed by atoms with Gasteiger partial charge in [0, 0.05) is 38.8 Å². The van der Waals surface area contributed by atoms with E-state index in [1.165, 1.54) is 0 Å². The molecule has 92 valence electrons. The molecule has 0 saturated carbocycles. The predicted molar refractivity (Wildman–Crippen MR) is 61.4 cm³/mol. The van der Waals surface area contributed by atoms with Crippen LogP contribution < -0.4 is 5.32 Å². The lowest BCUT2D eigenvalue weighted by molar-refractivity contribution is 0.0270. The standard InChI is InChI=1S/C11H21N3O2/c1-10(9-13-5-7-16-8-6-13)14-4-2-3-12-11(14)15/h10H,2-9H2,1H3,(H,12,15). The summed E-state index contributed by atoms with van der Waals surface area (Å²) in [6, 6.07) is 0.380. The van der Waals surface area contributed by atoms with Gasteiger partial charge in [0.1, 0.15) is 0 Å². The minimum atomic E-state index is 0.0898. The Bertz CT molecular complexity index is 241. The van der Waals surface area contributed by atoms with Crippen LogP contribution in [0.4, 0.5) is 4.79 Å². The van der Waals surface area contributed by atoms with Crippen LogP contribution in [0.3, 0.4) is 0 Å². The Kier molecular flexibility index (Phi) is 4.01. The first-order chi connectivity index (χ1) is 7.77. The van der Waals surface area contributed by atoms with Gasteiger partial charge in [0.25, 0.3) is 0 Å². The predicted octanol–water partition coefficient (Wildman–Crippen LogP) is 0.122. The molecular weight excluding hydrogens is 206 g/mol. The lowest BCUT2D eigenvalue weighted by atomic mass is 10.2. The highest BCUT2D eigenvalue weighted by atomic mass is 16.5. The number of nitrogens with zero attached hydrogens (tertiary/aromatic N) is 2. The van der Waals surface area contributed by atoms with Gasteiger partial charge in [-0.3, -0.25) is 4.90 Å². The highest BCUT2D eigenvalue weighted by Gasteiger charge is 2.24. The number of urea groups is 1. The molecule has 2 aliphatic rings. The molecule has 0 bridgehead atoms. The molecule has 0 aromatic carbocycles. The Morgan fingerprint density at radius 3 is 2.81 bits per heavy atom. The number of carbonyl (C=O) groups is 1. The van der Waals surface area contributed by atoms with Gasteiger partial charge >= 0.3 is 6.03 Å². The van der Waals surface area contributed by atoms with Crippen molar-refractivity contribution in [1.82, 2.24) is 15.1 Å². The lowest BCUT2D eigenvalue weighted by Crippen LogP contribution is -2.54. The summed E-state index contributed by atoms with van der Waals surface area (Å²) in [6.45, 7) is 8.39. The summed E-state index contributed by atoms with van der Waals surface area (Å²) in [5.74, 6) is 0. The highest BCUT2D eigenvalue weighted by Crippen LogP contribution is 2.08. The minimum absolute atomic E-state index is 0.0898. The number of ether oxygens (including phenoxy) is 1. The zero-order valence-electron chi connectivity index (χ0n) is 9.95. The van der Waals surface area contributed by atoms with E-state index < -0.39 is 0 Å². The van der Waals surface area contributed by atoms with E-state index >= 15 is 0 Å². The second-order valence-corrected chi connectivity index (χ2v) is 4.54. The van der Waals surface area contributed by atoms with E-state index in [4.69, 9.17) is 4.74 Å². The molecule has 2 aliphatic heterocycles. The molecule has 1 N–H and O–H groups in total. The van der Waals surface area contributed by atoms with Crippen LogP contribution in [0.2, 0.25) is 0 Å². The van der Waals surface area contributed by atoms with Crippen LogP contribution in [0.1, 0.15) is 13.3 Å². The Labute approximate surface area is 96.7 Å². The fraction of sp³-hybridized carbons (Fsp3) is 0.909. The summed E-state index contributed by atoms with van der Waals surface area (Å²) >= 11 is 0. The summed E-state index contributed by atoms with van der Waals surface area (Å²) in [7, 11) is 0. The smallest absolute Gasteiger partial charge is 0.317 e. The van der Waals surface area contributed by atoms with Gasteiger partial charge in [-0.15, -0.1) is 0 Å². The number of carbonyl (C=O) groups excluding carboxylic acids is 1. The van der Waals surface area contributed by atoms with Crippen molar-refractivity contribution in [3.63, 3.8) is 0 Å². The Balaban J connectivity index is 1.81. The second kappa shape index (κ2) is 5.50. The van der Waals surface area contributed by atoms with Crippen LogP contribution in [0.15, 0.2) is 0 Å². The number of morpholine rings is 1. The Morgan fingerprint density at radius 1 is 1.38 bits per heavy atom. The average Bonchev–Trinajstić information content (AvgIpc) is 2.31. The number of amides is 2. The van der Waals surface area contributed by atoms with Crippen molar-refractivity contribution < 1.29 is 9.53 Å². The Morgan fingerprint density at radius 2 is 2.12 bits per heavy atom. The molecule has 2 rings (SSSR count). The van der Waals surface area contributed by atoms with Crippen molar-refractivity contribution in [2.75, 3.05) is 45.9 Å². The number of hydrogen-bond acceptors (Lipinski definition) is 3. The van der Waals surface area contributed by atoms with Crippen LogP contribution in [-0.4, -0.2) is 67.8 Å². The fourth-order valence-corrected chi connectivity index (χ4v) is 2.32. The molecule has 0 radical (unpaired) electrons. The first-order valence-electron chi connectivity index (χ1n) is 6.12. The van der Waals surface area contributed by atoms with E-state index in [1.807, 2.05) is 4.90 Å². The van der Waals surface area contributed by atoms with Crippen molar-refractivity contribution in [3.8, 4) is 0 Å². The normalized spacial score (nSPS) is 25.3. The highest BCUT2D eigenvalue weighted by molar-refractivity contribution is 5.75. The maximum Gasteiger partial charge on any atom is 0.317 e. The van der Waals surface area contributed by atoms with Gasteiger partial charge in [0.15, 0.2) is 0 Å². The summed E-state index contributed by atoms with van der Waals surface area (Å²) in [5.41, 5.74) is 0. The molecule has 2 heterocycles. The van der Waals surface area contributed by atoms with E-state index in [1.54, 1.807) is 0 Å². The fourth-order valence-electron chi connectivity index (χ4n) is 2.32. The first-order valence-corrected chi connectivity index (χ1v) is 6.12. The van der Waals surface area contributed by atoms with Crippen LogP contribution in [-0.2, 0) is 4.74 Å². The molecule has 16 heavy (non-hydrogen) atoms. The van der Waals surface area contributed by atoms with E-state index in [9.17, 15) is 4.79 Å². The van der Waals surface area contributed by atoms with Crippen LogP contribution in [0.5, 0.6) is 0 Å². The van der Waals surface area contributed by atoms with Gasteiger partial charge in [-0.25, -0.2) is 4.79 Å². The number of nitrogens with one attached hydrogen (secondary N) is 1. The van der Waals surface area contributed by atoms with Crippen molar-refractivity contribution in [1.29, 1.82) is 0 Å². The lowest BCUT2D eigenvalue weighted by Gasteiger charge is -2.36. The van der Waals surface area contributed by atoms with Crippen molar-refractivity contribution in [2.24, 2.45) is 0 Å². The molecule has 2 saturated heterocycles. The zero-order chi connectivity index (χ0) is 11.4. The van der Waals surface area contributed by atoms with Crippen molar-refractivity contribution in [2.45, 2.75) is 19.4 Å². The monoisotopic (exact) mass is 227 g/mol. The molecular formula is C11H21N3O2.